The average molecular weight is 342 g/mol. The summed E-state index contributed by atoms with van der Waals surface area (Å²) < 4.78 is 7.02. The van der Waals surface area contributed by atoms with E-state index in [0.717, 1.165) is 30.2 Å². The number of aryl methyl sites for hydroxylation is 2. The number of rotatable bonds is 4. The fraction of sp³-hybridized carbons (Fsp3) is 0.474. The number of carbonyl (C=O) groups is 1. The first-order valence-corrected chi connectivity index (χ1v) is 8.61. The molecule has 1 amide bonds. The molecule has 2 heterocycles. The molecule has 0 radical (unpaired) electrons. The maximum atomic E-state index is 12.7. The van der Waals surface area contributed by atoms with Gasteiger partial charge < -0.3 is 9.64 Å². The number of ether oxygens (including phenoxy) is 1. The van der Waals surface area contributed by atoms with E-state index in [4.69, 9.17) is 4.74 Å². The third-order valence-corrected chi connectivity index (χ3v) is 4.89. The van der Waals surface area contributed by atoms with Crippen LogP contribution in [0.3, 0.4) is 0 Å². The number of likely N-dealkylation sites (N-methyl/N-ethyl adjacent to an activating group) is 1. The van der Waals surface area contributed by atoms with Gasteiger partial charge in [0.05, 0.1) is 18.8 Å². The Morgan fingerprint density at radius 3 is 2.56 bits per heavy atom. The molecule has 0 spiro atoms. The summed E-state index contributed by atoms with van der Waals surface area (Å²) in [7, 11) is 3.78. The summed E-state index contributed by atoms with van der Waals surface area (Å²) in [6.45, 7) is 6.54. The Morgan fingerprint density at radius 1 is 1.24 bits per heavy atom. The van der Waals surface area contributed by atoms with Gasteiger partial charge in [-0.1, -0.05) is 12.1 Å². The predicted molar refractivity (Wildman–Crippen MR) is 96.6 cm³/mol. The Morgan fingerprint density at radius 2 is 1.96 bits per heavy atom. The molecule has 3 rings (SSSR count). The topological polar surface area (TPSA) is 50.6 Å². The van der Waals surface area contributed by atoms with Crippen molar-refractivity contribution in [1.29, 1.82) is 0 Å². The van der Waals surface area contributed by atoms with Crippen molar-refractivity contribution in [1.82, 2.24) is 19.6 Å². The second-order valence-electron chi connectivity index (χ2n) is 6.69. The molecule has 134 valence electrons. The average Bonchev–Trinajstić information content (AvgIpc) is 2.92. The van der Waals surface area contributed by atoms with Gasteiger partial charge in [0.25, 0.3) is 0 Å². The zero-order chi connectivity index (χ0) is 18.0. The van der Waals surface area contributed by atoms with Gasteiger partial charge in [0, 0.05) is 25.3 Å². The number of carbonyl (C=O) groups excluding carboxylic acids is 1. The van der Waals surface area contributed by atoms with Crippen LogP contribution in [0.15, 0.2) is 30.3 Å². The minimum absolute atomic E-state index is 0.123. The van der Waals surface area contributed by atoms with Crippen molar-refractivity contribution in [3.05, 3.63) is 47.3 Å². The summed E-state index contributed by atoms with van der Waals surface area (Å²) in [5.41, 5.74) is 3.17. The Labute approximate surface area is 149 Å². The molecule has 0 aliphatic carbocycles. The summed E-state index contributed by atoms with van der Waals surface area (Å²) in [6, 6.07) is 10.3. The molecular formula is C19H26N4O2. The highest BCUT2D eigenvalue weighted by molar-refractivity contribution is 5.76. The van der Waals surface area contributed by atoms with Crippen LogP contribution in [-0.4, -0.2) is 59.3 Å². The molecule has 1 atom stereocenters. The van der Waals surface area contributed by atoms with Crippen LogP contribution in [0, 0.1) is 13.8 Å². The zero-order valence-corrected chi connectivity index (χ0v) is 15.4. The van der Waals surface area contributed by atoms with E-state index in [1.54, 1.807) is 11.8 Å². The number of nitrogens with zero attached hydrogens (tertiary/aromatic N) is 4. The van der Waals surface area contributed by atoms with Gasteiger partial charge in [-0.15, -0.1) is 0 Å². The Balaban J connectivity index is 1.70. The number of aromatic nitrogens is 2. The van der Waals surface area contributed by atoms with E-state index in [-0.39, 0.29) is 11.9 Å². The van der Waals surface area contributed by atoms with Crippen molar-refractivity contribution < 1.29 is 9.53 Å². The number of hydrogen-bond acceptors (Lipinski definition) is 4. The molecular weight excluding hydrogens is 316 g/mol. The highest BCUT2D eigenvalue weighted by Gasteiger charge is 2.28. The lowest BCUT2D eigenvalue weighted by atomic mass is 10.0. The quantitative estimate of drug-likeness (QED) is 0.853. The number of methoxy groups -OCH3 is 1. The highest BCUT2D eigenvalue weighted by Crippen LogP contribution is 2.26. The molecule has 25 heavy (non-hydrogen) atoms. The SMILES string of the molecule is COc1ccc([C@H]2CN(C(=O)Cn3nc(C)cc3C)CCN2C)cc1. The van der Waals surface area contributed by atoms with Gasteiger partial charge >= 0.3 is 0 Å². The maximum Gasteiger partial charge on any atom is 0.244 e. The predicted octanol–water partition coefficient (Wildman–Crippen LogP) is 2.02. The lowest BCUT2D eigenvalue weighted by Gasteiger charge is -2.39. The van der Waals surface area contributed by atoms with Crippen molar-refractivity contribution in [2.24, 2.45) is 0 Å². The van der Waals surface area contributed by atoms with Gasteiger partial charge in [0.1, 0.15) is 12.3 Å². The molecule has 1 aliphatic rings. The molecule has 6 nitrogen and oxygen atoms in total. The monoisotopic (exact) mass is 342 g/mol. The first-order chi connectivity index (χ1) is 12.0. The van der Waals surface area contributed by atoms with Gasteiger partial charge in [-0.2, -0.15) is 5.10 Å². The Bertz CT molecular complexity index is 738. The molecule has 2 aromatic rings. The number of piperazine rings is 1. The van der Waals surface area contributed by atoms with E-state index < -0.39 is 0 Å². The number of hydrogen-bond donors (Lipinski definition) is 0. The smallest absolute Gasteiger partial charge is 0.244 e. The number of benzene rings is 1. The van der Waals surface area contributed by atoms with E-state index in [9.17, 15) is 4.79 Å². The van der Waals surface area contributed by atoms with Gasteiger partial charge in [0.15, 0.2) is 0 Å². The summed E-state index contributed by atoms with van der Waals surface area (Å²) in [5.74, 6) is 0.970. The molecule has 0 saturated carbocycles. The van der Waals surface area contributed by atoms with Crippen molar-refractivity contribution in [3.63, 3.8) is 0 Å². The van der Waals surface area contributed by atoms with E-state index in [2.05, 4.69) is 29.2 Å². The summed E-state index contributed by atoms with van der Waals surface area (Å²) in [4.78, 5) is 17.0. The summed E-state index contributed by atoms with van der Waals surface area (Å²) >= 11 is 0. The van der Waals surface area contributed by atoms with E-state index in [1.807, 2.05) is 36.9 Å². The van der Waals surface area contributed by atoms with Gasteiger partial charge in [-0.25, -0.2) is 0 Å². The largest absolute Gasteiger partial charge is 0.497 e. The van der Waals surface area contributed by atoms with E-state index in [1.165, 1.54) is 5.56 Å². The van der Waals surface area contributed by atoms with Gasteiger partial charge in [-0.05, 0) is 44.7 Å². The van der Waals surface area contributed by atoms with Gasteiger partial charge in [-0.3, -0.25) is 14.4 Å². The van der Waals surface area contributed by atoms with Crippen LogP contribution in [0.5, 0.6) is 5.75 Å². The second kappa shape index (κ2) is 7.27. The minimum Gasteiger partial charge on any atom is -0.497 e. The fourth-order valence-corrected chi connectivity index (χ4v) is 3.35. The van der Waals surface area contributed by atoms with Crippen LogP contribution in [0.2, 0.25) is 0 Å². The van der Waals surface area contributed by atoms with E-state index in [0.29, 0.717) is 13.1 Å². The standard InChI is InChI=1S/C19H26N4O2/c1-14-11-15(2)23(20-14)13-19(24)22-10-9-21(3)18(12-22)16-5-7-17(25-4)8-6-16/h5-8,11,18H,9-10,12-13H2,1-4H3/t18-/m1/s1. The molecule has 1 aromatic carbocycles. The first-order valence-electron chi connectivity index (χ1n) is 8.61. The molecule has 0 unspecified atom stereocenters. The second-order valence-corrected chi connectivity index (χ2v) is 6.69. The van der Waals surface area contributed by atoms with Crippen LogP contribution in [0.25, 0.3) is 0 Å². The van der Waals surface area contributed by atoms with Crippen LogP contribution >= 0.6 is 0 Å². The third-order valence-electron chi connectivity index (χ3n) is 4.89. The molecule has 0 bridgehead atoms. The normalized spacial score (nSPS) is 18.4. The number of amides is 1. The van der Waals surface area contributed by atoms with Crippen LogP contribution < -0.4 is 4.74 Å². The Hall–Kier alpha value is -2.34. The van der Waals surface area contributed by atoms with Crippen molar-refractivity contribution >= 4 is 5.91 Å². The summed E-state index contributed by atoms with van der Waals surface area (Å²) in [5, 5.41) is 4.40. The Kier molecular flexibility index (Phi) is 5.08. The molecule has 1 fully saturated rings. The zero-order valence-electron chi connectivity index (χ0n) is 15.4. The van der Waals surface area contributed by atoms with Crippen LogP contribution in [0.1, 0.15) is 23.0 Å². The van der Waals surface area contributed by atoms with Crippen molar-refractivity contribution in [2.75, 3.05) is 33.8 Å². The fourth-order valence-electron chi connectivity index (χ4n) is 3.35. The maximum absolute atomic E-state index is 12.7. The van der Waals surface area contributed by atoms with Crippen molar-refractivity contribution in [2.45, 2.75) is 26.4 Å². The molecule has 1 aliphatic heterocycles. The lowest BCUT2D eigenvalue weighted by molar-refractivity contribution is -0.134. The molecule has 0 N–H and O–H groups in total. The molecule has 6 heteroatoms. The lowest BCUT2D eigenvalue weighted by Crippen LogP contribution is -2.49. The minimum atomic E-state index is 0.123. The van der Waals surface area contributed by atoms with Crippen molar-refractivity contribution in [3.8, 4) is 5.75 Å². The summed E-state index contributed by atoms with van der Waals surface area (Å²) in [6.07, 6.45) is 0. The van der Waals surface area contributed by atoms with Crippen LogP contribution in [0.4, 0.5) is 0 Å². The van der Waals surface area contributed by atoms with Crippen LogP contribution in [-0.2, 0) is 11.3 Å². The highest BCUT2D eigenvalue weighted by atomic mass is 16.5. The third kappa shape index (κ3) is 3.85. The molecule has 1 aromatic heterocycles. The van der Waals surface area contributed by atoms with Gasteiger partial charge in [0.2, 0.25) is 5.91 Å². The first kappa shape index (κ1) is 17.5. The van der Waals surface area contributed by atoms with E-state index >= 15 is 0 Å². The molecule has 1 saturated heterocycles.